The second-order valence-corrected chi connectivity index (χ2v) is 2.63. The maximum atomic E-state index is 11.1. The van der Waals surface area contributed by atoms with Crippen molar-refractivity contribution in [2.24, 2.45) is 10.7 Å². The van der Waals surface area contributed by atoms with E-state index in [2.05, 4.69) is 19.9 Å². The highest BCUT2D eigenvalue weighted by Gasteiger charge is 2.13. The number of hydrogen-bond acceptors (Lipinski definition) is 4. The van der Waals surface area contributed by atoms with E-state index in [0.29, 0.717) is 5.69 Å². The average Bonchev–Trinajstić information content (AvgIpc) is 2.64. The molecule has 0 aliphatic heterocycles. The Morgan fingerprint density at radius 1 is 1.86 bits per heavy atom. The Hall–Kier alpha value is -1.56. The predicted molar refractivity (Wildman–Crippen MR) is 51.9 cm³/mol. The molecule has 7 heteroatoms. The second kappa shape index (κ2) is 4.61. The van der Waals surface area contributed by atoms with E-state index in [4.69, 9.17) is 17.3 Å². The van der Waals surface area contributed by atoms with Crippen LogP contribution in [0.3, 0.4) is 0 Å². The van der Waals surface area contributed by atoms with E-state index in [1.54, 1.807) is 0 Å². The molecule has 0 saturated carbocycles. The van der Waals surface area contributed by atoms with Gasteiger partial charge in [-0.15, -0.1) is 11.6 Å². The van der Waals surface area contributed by atoms with Crippen molar-refractivity contribution in [3.63, 3.8) is 0 Å². The molecule has 0 fully saturated rings. The molecule has 3 N–H and O–H groups in total. The summed E-state index contributed by atoms with van der Waals surface area (Å²) in [5.41, 5.74) is 5.87. The smallest absolute Gasteiger partial charge is 0.358 e. The van der Waals surface area contributed by atoms with Crippen LogP contribution in [0.25, 0.3) is 0 Å². The molecule has 0 atom stereocenters. The van der Waals surface area contributed by atoms with Gasteiger partial charge in [-0.2, -0.15) is 5.10 Å². The summed E-state index contributed by atoms with van der Waals surface area (Å²) < 4.78 is 4.50. The van der Waals surface area contributed by atoms with Crippen LogP contribution in [0, 0.1) is 0 Å². The van der Waals surface area contributed by atoms with Crippen molar-refractivity contribution in [3.8, 4) is 0 Å². The van der Waals surface area contributed by atoms with Crippen molar-refractivity contribution >= 4 is 29.1 Å². The monoisotopic (exact) mass is 216 g/mol. The van der Waals surface area contributed by atoms with Crippen molar-refractivity contribution in [1.29, 1.82) is 0 Å². The van der Waals surface area contributed by atoms with Gasteiger partial charge in [0.05, 0.1) is 19.2 Å². The maximum absolute atomic E-state index is 11.1. The van der Waals surface area contributed by atoms with Gasteiger partial charge in [0.15, 0.2) is 5.69 Å². The number of methoxy groups -OCH3 is 1. The lowest BCUT2D eigenvalue weighted by Crippen LogP contribution is -2.12. The first kappa shape index (κ1) is 10.5. The Morgan fingerprint density at radius 2 is 2.57 bits per heavy atom. The first-order chi connectivity index (χ1) is 6.69. The number of hydrogen-bond donors (Lipinski definition) is 2. The second-order valence-electron chi connectivity index (χ2n) is 2.36. The molecule has 0 spiro atoms. The molecule has 0 radical (unpaired) electrons. The minimum Gasteiger partial charge on any atom is -0.464 e. The van der Waals surface area contributed by atoms with Crippen LogP contribution in [0.1, 0.15) is 10.5 Å². The number of H-pyrrole nitrogens is 1. The van der Waals surface area contributed by atoms with Gasteiger partial charge in [0, 0.05) is 0 Å². The molecule has 0 saturated heterocycles. The molecule has 1 heterocycles. The van der Waals surface area contributed by atoms with E-state index < -0.39 is 5.97 Å². The van der Waals surface area contributed by atoms with Crippen LogP contribution in [0.15, 0.2) is 11.2 Å². The Labute approximate surface area is 85.1 Å². The van der Waals surface area contributed by atoms with E-state index >= 15 is 0 Å². The SMILES string of the molecule is COC(=O)c1[nH]ncc1N=C(N)CCl. The number of amidine groups is 1. The zero-order valence-corrected chi connectivity index (χ0v) is 8.21. The average molecular weight is 217 g/mol. The number of halogens is 1. The Kier molecular flexibility index (Phi) is 3.47. The molecule has 0 bridgehead atoms. The van der Waals surface area contributed by atoms with E-state index in [1.165, 1.54) is 13.3 Å². The molecular weight excluding hydrogens is 208 g/mol. The van der Waals surface area contributed by atoms with Gasteiger partial charge in [-0.05, 0) is 0 Å². The molecule has 0 amide bonds. The lowest BCUT2D eigenvalue weighted by Gasteiger charge is -1.97. The summed E-state index contributed by atoms with van der Waals surface area (Å²) in [6, 6.07) is 0. The fourth-order valence-corrected chi connectivity index (χ4v) is 0.861. The molecule has 76 valence electrons. The first-order valence-electron chi connectivity index (χ1n) is 3.69. The van der Waals surface area contributed by atoms with Gasteiger partial charge in [-0.25, -0.2) is 9.79 Å². The van der Waals surface area contributed by atoms with Crippen molar-refractivity contribution in [3.05, 3.63) is 11.9 Å². The molecule has 1 aromatic rings. The third-order valence-corrected chi connectivity index (χ3v) is 1.68. The summed E-state index contributed by atoms with van der Waals surface area (Å²) in [4.78, 5) is 15.0. The summed E-state index contributed by atoms with van der Waals surface area (Å²) in [5, 5.41) is 6.10. The Bertz CT molecular complexity index is 360. The molecule has 6 nitrogen and oxygen atoms in total. The number of alkyl halides is 1. The lowest BCUT2D eigenvalue weighted by atomic mass is 10.4. The van der Waals surface area contributed by atoms with Crippen molar-refractivity contribution in [2.75, 3.05) is 13.0 Å². The number of aromatic nitrogens is 2. The van der Waals surface area contributed by atoms with Crippen LogP contribution >= 0.6 is 11.6 Å². The largest absolute Gasteiger partial charge is 0.464 e. The van der Waals surface area contributed by atoms with Crippen molar-refractivity contribution in [2.45, 2.75) is 0 Å². The van der Waals surface area contributed by atoms with Gasteiger partial charge in [-0.1, -0.05) is 0 Å². The maximum Gasteiger partial charge on any atom is 0.358 e. The van der Waals surface area contributed by atoms with Gasteiger partial charge >= 0.3 is 5.97 Å². The standard InChI is InChI=1S/C7H9ClN4O2/c1-14-7(13)6-4(3-10-12-6)11-5(9)2-8/h3H,2H2,1H3,(H2,9,11)(H,10,12). The van der Waals surface area contributed by atoms with Crippen LogP contribution in [0.2, 0.25) is 0 Å². The van der Waals surface area contributed by atoms with E-state index in [-0.39, 0.29) is 17.4 Å². The molecule has 14 heavy (non-hydrogen) atoms. The van der Waals surface area contributed by atoms with Crippen LogP contribution < -0.4 is 5.73 Å². The Balaban J connectivity index is 2.99. The number of aromatic amines is 1. The summed E-state index contributed by atoms with van der Waals surface area (Å²) in [6.07, 6.45) is 1.37. The molecule has 1 rings (SSSR count). The number of aliphatic imine (C=N–C) groups is 1. The summed E-state index contributed by atoms with van der Waals surface area (Å²) in [7, 11) is 1.27. The quantitative estimate of drug-likeness (QED) is 0.332. The fraction of sp³-hybridized carbons (Fsp3) is 0.286. The highest BCUT2D eigenvalue weighted by Crippen LogP contribution is 2.16. The van der Waals surface area contributed by atoms with Gasteiger partial charge in [0.25, 0.3) is 0 Å². The predicted octanol–water partition coefficient (Wildman–Crippen LogP) is 0.424. The number of nitrogens with zero attached hydrogens (tertiary/aromatic N) is 2. The molecular formula is C7H9ClN4O2. The number of rotatable bonds is 3. The lowest BCUT2D eigenvalue weighted by molar-refractivity contribution is 0.0595. The van der Waals surface area contributed by atoms with Crippen LogP contribution in [0.4, 0.5) is 5.69 Å². The number of carbonyl (C=O) groups is 1. The molecule has 0 aliphatic carbocycles. The highest BCUT2D eigenvalue weighted by atomic mass is 35.5. The molecule has 0 aromatic carbocycles. The molecule has 1 aromatic heterocycles. The summed E-state index contributed by atoms with van der Waals surface area (Å²) >= 11 is 5.43. The van der Waals surface area contributed by atoms with E-state index in [9.17, 15) is 4.79 Å². The Morgan fingerprint density at radius 3 is 3.14 bits per heavy atom. The number of nitrogens with one attached hydrogen (secondary N) is 1. The normalized spacial score (nSPS) is 11.4. The number of esters is 1. The van der Waals surface area contributed by atoms with Crippen LogP contribution in [-0.4, -0.2) is 35.0 Å². The van der Waals surface area contributed by atoms with Crippen molar-refractivity contribution in [1.82, 2.24) is 10.2 Å². The summed E-state index contributed by atoms with van der Waals surface area (Å²) in [5.74, 6) is -0.256. The van der Waals surface area contributed by atoms with Crippen LogP contribution in [0.5, 0.6) is 0 Å². The third kappa shape index (κ3) is 2.23. The van der Waals surface area contributed by atoms with Gasteiger partial charge in [-0.3, -0.25) is 5.10 Å². The minimum atomic E-state index is -0.552. The zero-order valence-electron chi connectivity index (χ0n) is 7.45. The van der Waals surface area contributed by atoms with Gasteiger partial charge in [0.2, 0.25) is 0 Å². The fourth-order valence-electron chi connectivity index (χ4n) is 0.801. The van der Waals surface area contributed by atoms with Crippen molar-refractivity contribution < 1.29 is 9.53 Å². The number of nitrogens with two attached hydrogens (primary N) is 1. The number of ether oxygens (including phenoxy) is 1. The molecule has 0 aliphatic rings. The highest BCUT2D eigenvalue weighted by molar-refractivity contribution is 6.28. The van der Waals surface area contributed by atoms with Crippen LogP contribution in [-0.2, 0) is 4.74 Å². The van der Waals surface area contributed by atoms with Gasteiger partial charge < -0.3 is 10.5 Å². The minimum absolute atomic E-state index is 0.0891. The first-order valence-corrected chi connectivity index (χ1v) is 4.23. The topological polar surface area (TPSA) is 93.4 Å². The van der Waals surface area contributed by atoms with E-state index in [1.807, 2.05) is 0 Å². The van der Waals surface area contributed by atoms with Gasteiger partial charge in [0.1, 0.15) is 11.5 Å². The number of carbonyl (C=O) groups excluding carboxylic acids is 1. The zero-order chi connectivity index (χ0) is 10.6. The third-order valence-electron chi connectivity index (χ3n) is 1.41. The summed E-state index contributed by atoms with van der Waals surface area (Å²) in [6.45, 7) is 0. The van der Waals surface area contributed by atoms with E-state index in [0.717, 1.165) is 0 Å². The molecule has 0 unspecified atom stereocenters.